The van der Waals surface area contributed by atoms with Crippen LogP contribution in [0, 0.1) is 4.77 Å². The van der Waals surface area contributed by atoms with E-state index in [4.69, 9.17) is 35.4 Å². The molecular formula is C20H15Cl2N3S. The van der Waals surface area contributed by atoms with Crippen molar-refractivity contribution >= 4 is 41.1 Å². The quantitative estimate of drug-likeness (QED) is 0.393. The summed E-state index contributed by atoms with van der Waals surface area (Å²) >= 11 is 17.6. The highest BCUT2D eigenvalue weighted by Gasteiger charge is 2.11. The van der Waals surface area contributed by atoms with Crippen LogP contribution in [0.1, 0.15) is 12.5 Å². The lowest BCUT2D eigenvalue weighted by Crippen LogP contribution is -1.92. The molecule has 4 rings (SSSR count). The van der Waals surface area contributed by atoms with Crippen molar-refractivity contribution in [3.05, 3.63) is 75.2 Å². The van der Waals surface area contributed by atoms with Gasteiger partial charge in [0.15, 0.2) is 0 Å². The Bertz CT molecular complexity index is 1160. The average Bonchev–Trinajstić information content (AvgIpc) is 3.11. The zero-order valence-electron chi connectivity index (χ0n) is 14.0. The minimum absolute atomic E-state index is 0.497. The zero-order chi connectivity index (χ0) is 18.3. The number of H-pyrrole nitrogens is 1. The van der Waals surface area contributed by atoms with E-state index < -0.39 is 0 Å². The van der Waals surface area contributed by atoms with Gasteiger partial charge >= 0.3 is 0 Å². The molecule has 6 heteroatoms. The molecule has 130 valence electrons. The number of aromatic amines is 1. The van der Waals surface area contributed by atoms with Crippen molar-refractivity contribution in [3.63, 3.8) is 0 Å². The number of hydrogen-bond donors (Lipinski definition) is 1. The first-order chi connectivity index (χ1) is 12.6. The molecule has 0 saturated carbocycles. The van der Waals surface area contributed by atoms with Gasteiger partial charge in [0.25, 0.3) is 0 Å². The van der Waals surface area contributed by atoms with Gasteiger partial charge in [0.2, 0.25) is 4.77 Å². The van der Waals surface area contributed by atoms with Crippen molar-refractivity contribution in [1.82, 2.24) is 14.4 Å². The van der Waals surface area contributed by atoms with E-state index in [1.165, 1.54) is 5.56 Å². The third-order valence-corrected chi connectivity index (χ3v) is 5.46. The summed E-state index contributed by atoms with van der Waals surface area (Å²) in [6.45, 7) is 2.15. The third kappa shape index (κ3) is 3.05. The van der Waals surface area contributed by atoms with Gasteiger partial charge in [0, 0.05) is 18.0 Å². The Morgan fingerprint density at radius 1 is 1.04 bits per heavy atom. The largest absolute Gasteiger partial charge is 0.339 e. The van der Waals surface area contributed by atoms with E-state index in [1.807, 2.05) is 22.7 Å². The standard InChI is InChI=1S/C20H15Cl2N3S/c1-2-12-3-5-13(6-4-12)18-11-25-19(24-18)15(10-23-20(25)26)14-7-8-16(21)17(22)9-14/h3-11,24H,2H2,1H3. The lowest BCUT2D eigenvalue weighted by atomic mass is 10.1. The number of benzene rings is 2. The molecule has 0 bridgehead atoms. The maximum absolute atomic E-state index is 6.19. The molecule has 2 aromatic carbocycles. The summed E-state index contributed by atoms with van der Waals surface area (Å²) < 4.78 is 2.38. The molecule has 0 radical (unpaired) electrons. The highest BCUT2D eigenvalue weighted by molar-refractivity contribution is 7.71. The second kappa shape index (κ2) is 6.88. The predicted octanol–water partition coefficient (Wildman–Crippen LogP) is 6.60. The van der Waals surface area contributed by atoms with Gasteiger partial charge in [-0.25, -0.2) is 4.98 Å². The molecule has 0 aliphatic heterocycles. The fourth-order valence-electron chi connectivity index (χ4n) is 2.95. The third-order valence-electron chi connectivity index (χ3n) is 4.42. The molecule has 2 heterocycles. The number of aryl methyl sites for hydroxylation is 1. The van der Waals surface area contributed by atoms with E-state index in [2.05, 4.69) is 41.2 Å². The number of imidazole rings is 1. The van der Waals surface area contributed by atoms with Gasteiger partial charge < -0.3 is 4.98 Å². The summed E-state index contributed by atoms with van der Waals surface area (Å²) in [6, 6.07) is 14.0. The van der Waals surface area contributed by atoms with Gasteiger partial charge in [-0.1, -0.05) is 60.5 Å². The summed E-state index contributed by atoms with van der Waals surface area (Å²) in [6.07, 6.45) is 4.76. The molecule has 0 fully saturated rings. The van der Waals surface area contributed by atoms with Crippen molar-refractivity contribution < 1.29 is 0 Å². The van der Waals surface area contributed by atoms with Gasteiger partial charge in [-0.3, -0.25) is 4.40 Å². The van der Waals surface area contributed by atoms with Crippen molar-refractivity contribution in [2.24, 2.45) is 0 Å². The number of fused-ring (bicyclic) bond motifs is 1. The molecule has 1 N–H and O–H groups in total. The smallest absolute Gasteiger partial charge is 0.205 e. The molecule has 0 atom stereocenters. The lowest BCUT2D eigenvalue weighted by molar-refractivity contribution is 1.06. The fraction of sp³-hybridized carbons (Fsp3) is 0.100. The van der Waals surface area contributed by atoms with E-state index in [1.54, 1.807) is 12.3 Å². The van der Waals surface area contributed by atoms with Crippen molar-refractivity contribution in [1.29, 1.82) is 0 Å². The van der Waals surface area contributed by atoms with E-state index >= 15 is 0 Å². The molecule has 2 aromatic heterocycles. The minimum Gasteiger partial charge on any atom is -0.339 e. The van der Waals surface area contributed by atoms with Crippen LogP contribution >= 0.6 is 35.4 Å². The normalized spacial score (nSPS) is 11.2. The topological polar surface area (TPSA) is 33.1 Å². The lowest BCUT2D eigenvalue weighted by Gasteiger charge is -2.05. The molecule has 0 unspecified atom stereocenters. The summed E-state index contributed by atoms with van der Waals surface area (Å²) in [5, 5.41) is 1.03. The fourth-order valence-corrected chi connectivity index (χ4v) is 3.44. The van der Waals surface area contributed by atoms with Gasteiger partial charge in [0.05, 0.1) is 15.7 Å². The molecule has 0 spiro atoms. The Labute approximate surface area is 166 Å². The minimum atomic E-state index is 0.497. The van der Waals surface area contributed by atoms with Crippen LogP contribution in [-0.2, 0) is 6.42 Å². The summed E-state index contributed by atoms with van der Waals surface area (Å²) in [7, 11) is 0. The van der Waals surface area contributed by atoms with Crippen LogP contribution in [-0.4, -0.2) is 14.4 Å². The van der Waals surface area contributed by atoms with Gasteiger partial charge in [-0.2, -0.15) is 0 Å². The Balaban J connectivity index is 1.90. The van der Waals surface area contributed by atoms with Gasteiger partial charge in [0.1, 0.15) is 5.65 Å². The second-order valence-electron chi connectivity index (χ2n) is 6.02. The van der Waals surface area contributed by atoms with Gasteiger partial charge in [-0.05, 0) is 47.5 Å². The molecular weight excluding hydrogens is 385 g/mol. The molecule has 0 amide bonds. The molecule has 0 saturated heterocycles. The second-order valence-corrected chi connectivity index (χ2v) is 7.20. The summed E-state index contributed by atoms with van der Waals surface area (Å²) in [5.41, 5.74) is 6.09. The number of halogens is 2. The van der Waals surface area contributed by atoms with Crippen LogP contribution in [0.3, 0.4) is 0 Å². The first kappa shape index (κ1) is 17.3. The van der Waals surface area contributed by atoms with Crippen LogP contribution in [0.5, 0.6) is 0 Å². The molecule has 4 aromatic rings. The Kier molecular flexibility index (Phi) is 4.57. The number of nitrogens with one attached hydrogen (secondary N) is 1. The Morgan fingerprint density at radius 2 is 1.77 bits per heavy atom. The van der Waals surface area contributed by atoms with Crippen LogP contribution in [0.4, 0.5) is 0 Å². The Hall–Kier alpha value is -2.14. The zero-order valence-corrected chi connectivity index (χ0v) is 16.3. The molecule has 0 aliphatic carbocycles. The highest BCUT2D eigenvalue weighted by Crippen LogP contribution is 2.31. The van der Waals surface area contributed by atoms with Crippen molar-refractivity contribution in [2.75, 3.05) is 0 Å². The van der Waals surface area contributed by atoms with Gasteiger partial charge in [-0.15, -0.1) is 0 Å². The van der Waals surface area contributed by atoms with E-state index in [0.29, 0.717) is 14.8 Å². The first-order valence-electron chi connectivity index (χ1n) is 8.22. The van der Waals surface area contributed by atoms with Crippen LogP contribution in [0.15, 0.2) is 54.9 Å². The number of nitrogens with zero attached hydrogens (tertiary/aromatic N) is 2. The number of aromatic nitrogens is 3. The van der Waals surface area contributed by atoms with E-state index in [-0.39, 0.29) is 0 Å². The van der Waals surface area contributed by atoms with E-state index in [0.717, 1.165) is 34.5 Å². The van der Waals surface area contributed by atoms with Crippen LogP contribution < -0.4 is 0 Å². The number of hydrogen-bond acceptors (Lipinski definition) is 2. The Morgan fingerprint density at radius 3 is 2.46 bits per heavy atom. The average molecular weight is 400 g/mol. The SMILES string of the molecule is CCc1ccc(-c2cn3c(=S)ncc(-c4ccc(Cl)c(Cl)c4)c3[nH]2)cc1. The van der Waals surface area contributed by atoms with E-state index in [9.17, 15) is 0 Å². The maximum Gasteiger partial charge on any atom is 0.205 e. The maximum atomic E-state index is 6.19. The first-order valence-corrected chi connectivity index (χ1v) is 9.38. The number of rotatable bonds is 3. The monoisotopic (exact) mass is 399 g/mol. The highest BCUT2D eigenvalue weighted by atomic mass is 35.5. The van der Waals surface area contributed by atoms with Crippen molar-refractivity contribution in [3.8, 4) is 22.4 Å². The molecule has 0 aliphatic rings. The molecule has 3 nitrogen and oxygen atoms in total. The van der Waals surface area contributed by atoms with Crippen LogP contribution in [0.25, 0.3) is 28.0 Å². The molecule has 26 heavy (non-hydrogen) atoms. The predicted molar refractivity (Wildman–Crippen MR) is 111 cm³/mol. The van der Waals surface area contributed by atoms with Crippen LogP contribution in [0.2, 0.25) is 10.0 Å². The summed E-state index contributed by atoms with van der Waals surface area (Å²) in [5.74, 6) is 0. The van der Waals surface area contributed by atoms with Crippen molar-refractivity contribution in [2.45, 2.75) is 13.3 Å². The summed E-state index contributed by atoms with van der Waals surface area (Å²) in [4.78, 5) is 7.82.